The van der Waals surface area contributed by atoms with E-state index in [0.29, 0.717) is 19.0 Å². The van der Waals surface area contributed by atoms with Crippen molar-refractivity contribution in [2.45, 2.75) is 4.90 Å². The molecule has 0 aliphatic carbocycles. The van der Waals surface area contributed by atoms with Gasteiger partial charge in [-0.05, 0) is 24.3 Å². The van der Waals surface area contributed by atoms with E-state index in [1.165, 1.54) is 26.2 Å². The predicted molar refractivity (Wildman–Crippen MR) is 77.7 cm³/mol. The lowest BCUT2D eigenvalue weighted by atomic mass is 10.3. The molecule has 1 aromatic carbocycles. The van der Waals surface area contributed by atoms with Crippen molar-refractivity contribution in [2.75, 3.05) is 41.0 Å². The maximum Gasteiger partial charge on any atom is 0.243 e. The molecule has 0 spiro atoms. The minimum absolute atomic E-state index is 0.105. The Kier molecular flexibility index (Phi) is 6.60. The van der Waals surface area contributed by atoms with Crippen molar-refractivity contribution in [3.8, 4) is 5.75 Å². The Morgan fingerprint density at radius 1 is 1.24 bits per heavy atom. The van der Waals surface area contributed by atoms with Crippen LogP contribution in [0.4, 0.5) is 0 Å². The van der Waals surface area contributed by atoms with E-state index in [9.17, 15) is 13.2 Å². The van der Waals surface area contributed by atoms with Crippen LogP contribution in [0.2, 0.25) is 0 Å². The van der Waals surface area contributed by atoms with Crippen LogP contribution in [-0.2, 0) is 19.6 Å². The molecule has 1 rings (SSSR count). The van der Waals surface area contributed by atoms with Crippen molar-refractivity contribution in [3.05, 3.63) is 24.3 Å². The molecule has 0 aliphatic heterocycles. The van der Waals surface area contributed by atoms with Crippen molar-refractivity contribution in [3.63, 3.8) is 0 Å². The third kappa shape index (κ3) is 5.00. The topological polar surface area (TPSA) is 84.9 Å². The molecule has 0 saturated carbocycles. The third-order valence-corrected chi connectivity index (χ3v) is 4.55. The lowest BCUT2D eigenvalue weighted by Crippen LogP contribution is -2.36. The number of nitrogens with zero attached hydrogens (tertiary/aromatic N) is 1. The van der Waals surface area contributed by atoms with Crippen LogP contribution in [0, 0.1) is 0 Å². The smallest absolute Gasteiger partial charge is 0.243 e. The fraction of sp³-hybridized carbons (Fsp3) is 0.462. The molecule has 0 aliphatic rings. The van der Waals surface area contributed by atoms with Gasteiger partial charge >= 0.3 is 0 Å². The van der Waals surface area contributed by atoms with Crippen molar-refractivity contribution in [2.24, 2.45) is 0 Å². The molecule has 0 aromatic heterocycles. The number of carbonyl (C=O) groups excluding carboxylic acids is 1. The van der Waals surface area contributed by atoms with Gasteiger partial charge in [-0.25, -0.2) is 8.42 Å². The molecule has 118 valence electrons. The zero-order valence-corrected chi connectivity index (χ0v) is 13.1. The normalized spacial score (nSPS) is 11.4. The number of likely N-dealkylation sites (N-methyl/N-ethyl adjacent to an activating group) is 2. The SMILES string of the molecule is CNC(=O)CN(C)S(=O)(=O)c1ccc(OCCOC)cc1. The summed E-state index contributed by atoms with van der Waals surface area (Å²) in [6.07, 6.45) is 0. The second-order valence-corrected chi connectivity index (χ2v) is 6.29. The zero-order valence-electron chi connectivity index (χ0n) is 12.3. The molecule has 21 heavy (non-hydrogen) atoms. The standard InChI is InChI=1S/C13H20N2O5S/c1-14-13(16)10-15(2)21(17,18)12-6-4-11(5-7-12)20-9-8-19-3/h4-7H,8-10H2,1-3H3,(H,14,16). The lowest BCUT2D eigenvalue weighted by Gasteiger charge is -2.16. The first kappa shape index (κ1) is 17.4. The number of benzene rings is 1. The second kappa shape index (κ2) is 7.96. The highest BCUT2D eigenvalue weighted by Crippen LogP contribution is 2.18. The number of rotatable bonds is 8. The first-order chi connectivity index (χ1) is 9.91. The highest BCUT2D eigenvalue weighted by Gasteiger charge is 2.22. The molecule has 1 amide bonds. The number of sulfonamides is 1. The summed E-state index contributed by atoms with van der Waals surface area (Å²) in [7, 11) is 0.685. The van der Waals surface area contributed by atoms with Crippen LogP contribution in [-0.4, -0.2) is 59.6 Å². The molecule has 0 fully saturated rings. The Labute approximate surface area is 124 Å². The van der Waals surface area contributed by atoms with E-state index in [1.807, 2.05) is 0 Å². The fourth-order valence-electron chi connectivity index (χ4n) is 1.50. The van der Waals surface area contributed by atoms with Gasteiger partial charge in [0.2, 0.25) is 15.9 Å². The largest absolute Gasteiger partial charge is 0.491 e. The number of carbonyl (C=O) groups is 1. The zero-order chi connectivity index (χ0) is 15.9. The monoisotopic (exact) mass is 316 g/mol. The van der Waals surface area contributed by atoms with Gasteiger partial charge in [0.15, 0.2) is 0 Å². The number of nitrogens with one attached hydrogen (secondary N) is 1. The summed E-state index contributed by atoms with van der Waals surface area (Å²) in [6, 6.07) is 6.02. The van der Waals surface area contributed by atoms with Crippen LogP contribution in [0.25, 0.3) is 0 Å². The molecule has 0 radical (unpaired) electrons. The summed E-state index contributed by atoms with van der Waals surface area (Å²) in [5, 5.41) is 2.38. The summed E-state index contributed by atoms with van der Waals surface area (Å²) in [6.45, 7) is 0.610. The van der Waals surface area contributed by atoms with Crippen LogP contribution in [0.1, 0.15) is 0 Å². The van der Waals surface area contributed by atoms with E-state index in [2.05, 4.69) is 5.32 Å². The number of methoxy groups -OCH3 is 1. The van der Waals surface area contributed by atoms with E-state index in [1.54, 1.807) is 19.2 Å². The second-order valence-electron chi connectivity index (χ2n) is 4.25. The molecule has 7 nitrogen and oxygen atoms in total. The molecular weight excluding hydrogens is 296 g/mol. The summed E-state index contributed by atoms with van der Waals surface area (Å²) < 4.78 is 35.7. The molecule has 0 unspecified atom stereocenters. The quantitative estimate of drug-likeness (QED) is 0.687. The van der Waals surface area contributed by atoms with Crippen molar-refractivity contribution >= 4 is 15.9 Å². The van der Waals surface area contributed by atoms with Crippen molar-refractivity contribution < 1.29 is 22.7 Å². The van der Waals surface area contributed by atoms with Crippen molar-refractivity contribution in [1.29, 1.82) is 0 Å². The van der Waals surface area contributed by atoms with Crippen molar-refractivity contribution in [1.82, 2.24) is 9.62 Å². The fourth-order valence-corrected chi connectivity index (χ4v) is 2.62. The number of ether oxygens (including phenoxy) is 2. The molecule has 0 saturated heterocycles. The van der Waals surface area contributed by atoms with E-state index in [4.69, 9.17) is 9.47 Å². The molecule has 1 aromatic rings. The molecule has 0 bridgehead atoms. The molecular formula is C13H20N2O5S. The van der Waals surface area contributed by atoms with E-state index < -0.39 is 10.0 Å². The third-order valence-electron chi connectivity index (χ3n) is 2.73. The maximum atomic E-state index is 12.2. The molecule has 0 atom stereocenters. The van der Waals surface area contributed by atoms with Gasteiger partial charge in [-0.1, -0.05) is 0 Å². The van der Waals surface area contributed by atoms with Crippen LogP contribution in [0.3, 0.4) is 0 Å². The summed E-state index contributed by atoms with van der Waals surface area (Å²) in [4.78, 5) is 11.4. The van der Waals surface area contributed by atoms with Gasteiger partial charge in [0.05, 0.1) is 18.0 Å². The molecule has 0 heterocycles. The Morgan fingerprint density at radius 2 is 1.86 bits per heavy atom. The van der Waals surface area contributed by atoms with E-state index in [0.717, 1.165) is 4.31 Å². The highest BCUT2D eigenvalue weighted by molar-refractivity contribution is 7.89. The number of hydrogen-bond donors (Lipinski definition) is 1. The Balaban J connectivity index is 2.77. The number of amides is 1. The summed E-state index contributed by atoms with van der Waals surface area (Å²) in [5.41, 5.74) is 0. The van der Waals surface area contributed by atoms with Gasteiger partial charge in [-0.2, -0.15) is 4.31 Å². The average molecular weight is 316 g/mol. The van der Waals surface area contributed by atoms with Gasteiger partial charge in [0.25, 0.3) is 0 Å². The highest BCUT2D eigenvalue weighted by atomic mass is 32.2. The predicted octanol–water partition coefficient (Wildman–Crippen LogP) is 0.0783. The minimum atomic E-state index is -3.69. The van der Waals surface area contributed by atoms with Gasteiger partial charge in [0.1, 0.15) is 12.4 Å². The van der Waals surface area contributed by atoms with Gasteiger partial charge in [0, 0.05) is 21.2 Å². The maximum absolute atomic E-state index is 12.2. The van der Waals surface area contributed by atoms with Gasteiger partial charge in [-0.3, -0.25) is 4.79 Å². The Morgan fingerprint density at radius 3 is 2.38 bits per heavy atom. The van der Waals surface area contributed by atoms with Gasteiger partial charge in [-0.15, -0.1) is 0 Å². The summed E-state index contributed by atoms with van der Waals surface area (Å²) >= 11 is 0. The molecule has 8 heteroatoms. The van der Waals surface area contributed by atoms with E-state index >= 15 is 0 Å². The van der Waals surface area contributed by atoms with Gasteiger partial charge < -0.3 is 14.8 Å². The number of hydrogen-bond acceptors (Lipinski definition) is 5. The Bertz CT molecular complexity index is 556. The Hall–Kier alpha value is -1.64. The summed E-state index contributed by atoms with van der Waals surface area (Å²) in [5.74, 6) is 0.181. The first-order valence-corrected chi connectivity index (χ1v) is 7.74. The lowest BCUT2D eigenvalue weighted by molar-refractivity contribution is -0.120. The van der Waals surface area contributed by atoms with E-state index in [-0.39, 0.29) is 17.3 Å². The average Bonchev–Trinajstić information content (AvgIpc) is 2.47. The first-order valence-electron chi connectivity index (χ1n) is 6.30. The van der Waals surface area contributed by atoms with Crippen LogP contribution in [0.5, 0.6) is 5.75 Å². The van der Waals surface area contributed by atoms with Crippen LogP contribution in [0.15, 0.2) is 29.2 Å². The van der Waals surface area contributed by atoms with Crippen LogP contribution >= 0.6 is 0 Å². The van der Waals surface area contributed by atoms with Crippen LogP contribution < -0.4 is 10.1 Å². The minimum Gasteiger partial charge on any atom is -0.491 e. The molecule has 1 N–H and O–H groups in total.